The van der Waals surface area contributed by atoms with Crippen LogP contribution in [0.2, 0.25) is 0 Å². The molecule has 4 nitrogen and oxygen atoms in total. The maximum absolute atomic E-state index is 9.86. The van der Waals surface area contributed by atoms with Gasteiger partial charge in [-0.15, -0.1) is 0 Å². The van der Waals surface area contributed by atoms with Crippen LogP contribution in [-0.4, -0.2) is 29.1 Å². The maximum atomic E-state index is 9.86. The molecule has 0 unspecified atom stereocenters. The average Bonchev–Trinajstić information content (AvgIpc) is 2.55. The van der Waals surface area contributed by atoms with E-state index >= 15 is 0 Å². The first-order chi connectivity index (χ1) is 11.2. The van der Waals surface area contributed by atoms with Crippen LogP contribution in [0.1, 0.15) is 11.3 Å². The van der Waals surface area contributed by atoms with Crippen molar-refractivity contribution >= 4 is 10.9 Å². The van der Waals surface area contributed by atoms with E-state index in [1.807, 2.05) is 31.3 Å². The van der Waals surface area contributed by atoms with Gasteiger partial charge in [0.05, 0.1) is 18.3 Å². The third-order valence-electron chi connectivity index (χ3n) is 3.78. The van der Waals surface area contributed by atoms with Gasteiger partial charge in [-0.05, 0) is 36.9 Å². The van der Waals surface area contributed by atoms with E-state index in [0.717, 1.165) is 35.2 Å². The Balaban J connectivity index is 1.70. The van der Waals surface area contributed by atoms with Crippen molar-refractivity contribution in [3.05, 3.63) is 65.9 Å². The number of aromatic hydroxyl groups is 1. The van der Waals surface area contributed by atoms with Gasteiger partial charge in [0.2, 0.25) is 0 Å². The van der Waals surface area contributed by atoms with Crippen molar-refractivity contribution < 1.29 is 9.84 Å². The molecule has 23 heavy (non-hydrogen) atoms. The standard InChI is InChI=1S/C19H20N2O2/c1-21(12-14-7-10-19(23-2)18(22)11-14)13-16-9-8-15-5-3-4-6-17(15)20-16/h3-11,22H,12-13H2,1-2H3. The molecule has 4 heteroatoms. The summed E-state index contributed by atoms with van der Waals surface area (Å²) >= 11 is 0. The molecule has 3 rings (SSSR count). The number of hydrogen-bond donors (Lipinski definition) is 1. The number of benzene rings is 2. The van der Waals surface area contributed by atoms with E-state index in [9.17, 15) is 5.11 Å². The zero-order chi connectivity index (χ0) is 16.2. The van der Waals surface area contributed by atoms with Crippen molar-refractivity contribution in [3.8, 4) is 11.5 Å². The van der Waals surface area contributed by atoms with Crippen LogP contribution < -0.4 is 4.74 Å². The smallest absolute Gasteiger partial charge is 0.160 e. The first kappa shape index (κ1) is 15.3. The molecule has 0 amide bonds. The van der Waals surface area contributed by atoms with E-state index in [1.165, 1.54) is 0 Å². The van der Waals surface area contributed by atoms with Crippen molar-refractivity contribution in [2.45, 2.75) is 13.1 Å². The quantitative estimate of drug-likeness (QED) is 0.782. The van der Waals surface area contributed by atoms with Gasteiger partial charge < -0.3 is 9.84 Å². The van der Waals surface area contributed by atoms with Gasteiger partial charge in [-0.25, -0.2) is 0 Å². The monoisotopic (exact) mass is 308 g/mol. The Labute approximate surface area is 136 Å². The number of para-hydroxylation sites is 1. The molecule has 0 aliphatic heterocycles. The number of fused-ring (bicyclic) bond motifs is 1. The number of pyridine rings is 1. The summed E-state index contributed by atoms with van der Waals surface area (Å²) in [6.45, 7) is 1.48. The Kier molecular flexibility index (Phi) is 4.44. The maximum Gasteiger partial charge on any atom is 0.160 e. The Hall–Kier alpha value is -2.59. The first-order valence-corrected chi connectivity index (χ1v) is 7.55. The van der Waals surface area contributed by atoms with E-state index in [-0.39, 0.29) is 5.75 Å². The highest BCUT2D eigenvalue weighted by Gasteiger charge is 2.07. The van der Waals surface area contributed by atoms with Crippen LogP contribution >= 0.6 is 0 Å². The highest BCUT2D eigenvalue weighted by molar-refractivity contribution is 5.78. The molecule has 3 aromatic rings. The lowest BCUT2D eigenvalue weighted by Gasteiger charge is -2.17. The van der Waals surface area contributed by atoms with Gasteiger partial charge in [-0.3, -0.25) is 9.88 Å². The summed E-state index contributed by atoms with van der Waals surface area (Å²) in [5, 5.41) is 11.0. The second-order valence-electron chi connectivity index (χ2n) is 5.67. The SMILES string of the molecule is COc1ccc(CN(C)Cc2ccc3ccccc3n2)cc1O. The molecule has 0 radical (unpaired) electrons. The summed E-state index contributed by atoms with van der Waals surface area (Å²) in [5.74, 6) is 0.662. The van der Waals surface area contributed by atoms with E-state index in [2.05, 4.69) is 23.1 Å². The van der Waals surface area contributed by atoms with Gasteiger partial charge in [0, 0.05) is 18.5 Å². The molecule has 118 valence electrons. The van der Waals surface area contributed by atoms with E-state index in [0.29, 0.717) is 5.75 Å². The van der Waals surface area contributed by atoms with Crippen LogP contribution in [0.15, 0.2) is 54.6 Å². The lowest BCUT2D eigenvalue weighted by molar-refractivity contribution is 0.314. The molecule has 2 aromatic carbocycles. The molecule has 0 fully saturated rings. The highest BCUT2D eigenvalue weighted by atomic mass is 16.5. The fourth-order valence-corrected chi connectivity index (χ4v) is 2.67. The predicted octanol–water partition coefficient (Wildman–Crippen LogP) is 3.58. The van der Waals surface area contributed by atoms with Crippen LogP contribution in [0.4, 0.5) is 0 Å². The Bertz CT molecular complexity index is 817. The van der Waals surface area contributed by atoms with E-state index in [1.54, 1.807) is 19.2 Å². The van der Waals surface area contributed by atoms with E-state index < -0.39 is 0 Å². The molecule has 1 heterocycles. The number of aromatic nitrogens is 1. The molecule has 0 atom stereocenters. The van der Waals surface area contributed by atoms with Crippen LogP contribution in [-0.2, 0) is 13.1 Å². The van der Waals surface area contributed by atoms with Gasteiger partial charge in [0.15, 0.2) is 11.5 Å². The van der Waals surface area contributed by atoms with Crippen LogP contribution in [0, 0.1) is 0 Å². The summed E-state index contributed by atoms with van der Waals surface area (Å²) < 4.78 is 5.07. The molecule has 0 aliphatic carbocycles. The van der Waals surface area contributed by atoms with Crippen molar-refractivity contribution in [1.82, 2.24) is 9.88 Å². The molecule has 0 aliphatic rings. The summed E-state index contributed by atoms with van der Waals surface area (Å²) in [6.07, 6.45) is 0. The van der Waals surface area contributed by atoms with Gasteiger partial charge in [0.1, 0.15) is 0 Å². The van der Waals surface area contributed by atoms with Crippen LogP contribution in [0.25, 0.3) is 10.9 Å². The number of phenols is 1. The minimum absolute atomic E-state index is 0.169. The third-order valence-corrected chi connectivity index (χ3v) is 3.78. The normalized spacial score (nSPS) is 11.1. The van der Waals surface area contributed by atoms with E-state index in [4.69, 9.17) is 9.72 Å². The summed E-state index contributed by atoms with van der Waals surface area (Å²) in [6, 6.07) is 17.8. The van der Waals surface area contributed by atoms with Gasteiger partial charge in [-0.2, -0.15) is 0 Å². The fraction of sp³-hybridized carbons (Fsp3) is 0.211. The number of methoxy groups -OCH3 is 1. The summed E-state index contributed by atoms with van der Waals surface area (Å²) in [7, 11) is 3.59. The Morgan fingerprint density at radius 1 is 1.04 bits per heavy atom. The van der Waals surface area contributed by atoms with Gasteiger partial charge in [-0.1, -0.05) is 30.3 Å². The number of phenolic OH excluding ortho intramolecular Hbond substituents is 1. The summed E-state index contributed by atoms with van der Waals surface area (Å²) in [4.78, 5) is 6.86. The van der Waals surface area contributed by atoms with Crippen LogP contribution in [0.5, 0.6) is 11.5 Å². The third kappa shape index (κ3) is 3.60. The number of ether oxygens (including phenoxy) is 1. The van der Waals surface area contributed by atoms with Crippen molar-refractivity contribution in [2.75, 3.05) is 14.2 Å². The molecular formula is C19H20N2O2. The molecule has 1 N–H and O–H groups in total. The zero-order valence-corrected chi connectivity index (χ0v) is 13.4. The molecule has 0 spiro atoms. The second kappa shape index (κ2) is 6.67. The van der Waals surface area contributed by atoms with Crippen LogP contribution in [0.3, 0.4) is 0 Å². The minimum Gasteiger partial charge on any atom is -0.504 e. The molecule has 0 saturated carbocycles. The molecule has 0 saturated heterocycles. The largest absolute Gasteiger partial charge is 0.504 e. The lowest BCUT2D eigenvalue weighted by atomic mass is 10.1. The van der Waals surface area contributed by atoms with Gasteiger partial charge in [0.25, 0.3) is 0 Å². The van der Waals surface area contributed by atoms with Crippen molar-refractivity contribution in [3.63, 3.8) is 0 Å². The Morgan fingerprint density at radius 2 is 1.87 bits per heavy atom. The minimum atomic E-state index is 0.169. The number of hydrogen-bond acceptors (Lipinski definition) is 4. The molecule has 0 bridgehead atoms. The number of nitrogens with zero attached hydrogens (tertiary/aromatic N) is 2. The fourth-order valence-electron chi connectivity index (χ4n) is 2.67. The van der Waals surface area contributed by atoms with Gasteiger partial charge >= 0.3 is 0 Å². The first-order valence-electron chi connectivity index (χ1n) is 7.55. The van der Waals surface area contributed by atoms with Crippen molar-refractivity contribution in [2.24, 2.45) is 0 Å². The zero-order valence-electron chi connectivity index (χ0n) is 13.4. The topological polar surface area (TPSA) is 45.6 Å². The van der Waals surface area contributed by atoms with Crippen molar-refractivity contribution in [1.29, 1.82) is 0 Å². The number of rotatable bonds is 5. The lowest BCUT2D eigenvalue weighted by Crippen LogP contribution is -2.18. The molecule has 1 aromatic heterocycles. The summed E-state index contributed by atoms with van der Waals surface area (Å²) in [5.41, 5.74) is 3.08. The second-order valence-corrected chi connectivity index (χ2v) is 5.67. The Morgan fingerprint density at radius 3 is 2.65 bits per heavy atom. The predicted molar refractivity (Wildman–Crippen MR) is 91.6 cm³/mol. The average molecular weight is 308 g/mol. The molecular weight excluding hydrogens is 288 g/mol. The highest BCUT2D eigenvalue weighted by Crippen LogP contribution is 2.26.